The van der Waals surface area contributed by atoms with Crippen molar-refractivity contribution in [3.63, 3.8) is 0 Å². The SMILES string of the molecule is CCCC(C)CN[C@@H](CC(C)C)C(=O)O. The van der Waals surface area contributed by atoms with Crippen LogP contribution >= 0.6 is 0 Å². The maximum Gasteiger partial charge on any atom is 0.320 e. The van der Waals surface area contributed by atoms with Crippen molar-refractivity contribution >= 4 is 5.97 Å². The molecule has 0 aromatic carbocycles. The van der Waals surface area contributed by atoms with Gasteiger partial charge in [0, 0.05) is 0 Å². The molecule has 0 aliphatic heterocycles. The monoisotopic (exact) mass is 215 g/mol. The van der Waals surface area contributed by atoms with Crippen molar-refractivity contribution in [2.24, 2.45) is 11.8 Å². The van der Waals surface area contributed by atoms with Gasteiger partial charge in [-0.1, -0.05) is 34.1 Å². The molecular weight excluding hydrogens is 190 g/mol. The number of carboxylic acids is 1. The molecule has 0 aliphatic carbocycles. The Hall–Kier alpha value is -0.570. The van der Waals surface area contributed by atoms with Crippen LogP contribution in [0.3, 0.4) is 0 Å². The van der Waals surface area contributed by atoms with Gasteiger partial charge in [0.15, 0.2) is 0 Å². The maximum atomic E-state index is 10.9. The van der Waals surface area contributed by atoms with Crippen molar-refractivity contribution < 1.29 is 9.90 Å². The number of carboxylic acid groups (broad SMARTS) is 1. The first-order valence-electron chi connectivity index (χ1n) is 5.93. The normalized spacial score (nSPS) is 15.3. The predicted molar refractivity (Wildman–Crippen MR) is 63.0 cm³/mol. The third-order valence-electron chi connectivity index (χ3n) is 2.50. The van der Waals surface area contributed by atoms with Crippen molar-refractivity contribution in [1.29, 1.82) is 0 Å². The first-order valence-corrected chi connectivity index (χ1v) is 5.93. The summed E-state index contributed by atoms with van der Waals surface area (Å²) in [5.74, 6) is 0.247. The molecule has 90 valence electrons. The second kappa shape index (κ2) is 7.69. The van der Waals surface area contributed by atoms with Crippen LogP contribution in [-0.2, 0) is 4.79 Å². The first-order chi connectivity index (χ1) is 6.97. The lowest BCUT2D eigenvalue weighted by Gasteiger charge is -2.19. The molecule has 0 spiro atoms. The summed E-state index contributed by atoms with van der Waals surface area (Å²) in [6.07, 6.45) is 3.01. The van der Waals surface area contributed by atoms with Crippen LogP contribution in [0.15, 0.2) is 0 Å². The minimum Gasteiger partial charge on any atom is -0.480 e. The van der Waals surface area contributed by atoms with Gasteiger partial charge in [-0.25, -0.2) is 0 Å². The lowest BCUT2D eigenvalue weighted by molar-refractivity contribution is -0.140. The molecule has 3 nitrogen and oxygen atoms in total. The van der Waals surface area contributed by atoms with Crippen LogP contribution in [0.2, 0.25) is 0 Å². The van der Waals surface area contributed by atoms with Gasteiger partial charge < -0.3 is 10.4 Å². The number of nitrogens with one attached hydrogen (secondary N) is 1. The third kappa shape index (κ3) is 7.37. The fraction of sp³-hybridized carbons (Fsp3) is 0.917. The van der Waals surface area contributed by atoms with E-state index in [1.54, 1.807) is 0 Å². The Morgan fingerprint density at radius 3 is 2.33 bits per heavy atom. The van der Waals surface area contributed by atoms with Gasteiger partial charge >= 0.3 is 5.97 Å². The smallest absolute Gasteiger partial charge is 0.320 e. The van der Waals surface area contributed by atoms with Gasteiger partial charge in [-0.05, 0) is 31.2 Å². The summed E-state index contributed by atoms with van der Waals surface area (Å²) in [7, 11) is 0. The van der Waals surface area contributed by atoms with Crippen molar-refractivity contribution in [3.05, 3.63) is 0 Å². The van der Waals surface area contributed by atoms with Crippen LogP contribution in [0, 0.1) is 11.8 Å². The Labute approximate surface area is 93.3 Å². The van der Waals surface area contributed by atoms with Crippen LogP contribution in [0.25, 0.3) is 0 Å². The molecule has 15 heavy (non-hydrogen) atoms. The van der Waals surface area contributed by atoms with E-state index in [0.717, 1.165) is 19.4 Å². The quantitative estimate of drug-likeness (QED) is 0.654. The molecule has 3 heteroatoms. The van der Waals surface area contributed by atoms with Gasteiger partial charge in [0.05, 0.1) is 0 Å². The second-order valence-electron chi connectivity index (χ2n) is 4.82. The van der Waals surface area contributed by atoms with Crippen molar-refractivity contribution in [2.75, 3.05) is 6.54 Å². The van der Waals surface area contributed by atoms with E-state index in [2.05, 4.69) is 19.2 Å². The van der Waals surface area contributed by atoms with Gasteiger partial charge in [-0.3, -0.25) is 4.79 Å². The largest absolute Gasteiger partial charge is 0.480 e. The highest BCUT2D eigenvalue weighted by molar-refractivity contribution is 5.73. The number of rotatable bonds is 8. The molecule has 0 rings (SSSR count). The molecule has 0 saturated carbocycles. The summed E-state index contributed by atoms with van der Waals surface area (Å²) in [4.78, 5) is 10.9. The molecule has 0 bridgehead atoms. The number of hydrogen-bond acceptors (Lipinski definition) is 2. The summed E-state index contributed by atoms with van der Waals surface area (Å²) in [5.41, 5.74) is 0. The number of hydrogen-bond donors (Lipinski definition) is 2. The van der Waals surface area contributed by atoms with E-state index in [9.17, 15) is 4.79 Å². The molecule has 0 heterocycles. The first kappa shape index (κ1) is 14.4. The van der Waals surface area contributed by atoms with E-state index < -0.39 is 5.97 Å². The zero-order chi connectivity index (χ0) is 11.8. The molecule has 1 unspecified atom stereocenters. The summed E-state index contributed by atoms with van der Waals surface area (Å²) in [5, 5.41) is 12.1. The molecule has 0 saturated heterocycles. The van der Waals surface area contributed by atoms with E-state index in [4.69, 9.17) is 5.11 Å². The minimum atomic E-state index is -0.729. The summed E-state index contributed by atoms with van der Waals surface area (Å²) < 4.78 is 0. The fourth-order valence-corrected chi connectivity index (χ4v) is 1.68. The van der Waals surface area contributed by atoms with Gasteiger partial charge in [0.2, 0.25) is 0 Å². The molecular formula is C12H25NO2. The highest BCUT2D eigenvalue weighted by Crippen LogP contribution is 2.07. The van der Waals surface area contributed by atoms with Crippen molar-refractivity contribution in [2.45, 2.75) is 53.0 Å². The molecule has 0 aliphatic rings. The minimum absolute atomic E-state index is 0.385. The van der Waals surface area contributed by atoms with E-state index in [-0.39, 0.29) is 6.04 Å². The summed E-state index contributed by atoms with van der Waals surface area (Å²) in [6, 6.07) is -0.385. The topological polar surface area (TPSA) is 49.3 Å². The standard InChI is InChI=1S/C12H25NO2/c1-5-6-10(4)8-13-11(12(14)15)7-9(2)3/h9-11,13H,5-8H2,1-4H3,(H,14,15)/t10?,11-/m0/s1. The predicted octanol–water partition coefficient (Wildman–Crippen LogP) is 2.51. The van der Waals surface area contributed by atoms with Crippen LogP contribution in [-0.4, -0.2) is 23.7 Å². The summed E-state index contributed by atoms with van der Waals surface area (Å²) >= 11 is 0. The van der Waals surface area contributed by atoms with Gasteiger partial charge in [-0.15, -0.1) is 0 Å². The van der Waals surface area contributed by atoms with Crippen molar-refractivity contribution in [1.82, 2.24) is 5.32 Å². The van der Waals surface area contributed by atoms with Crippen LogP contribution in [0.4, 0.5) is 0 Å². The summed E-state index contributed by atoms with van der Waals surface area (Å²) in [6.45, 7) is 9.21. The van der Waals surface area contributed by atoms with E-state index in [1.807, 2.05) is 13.8 Å². The Balaban J connectivity index is 3.90. The van der Waals surface area contributed by atoms with E-state index >= 15 is 0 Å². The third-order valence-corrected chi connectivity index (χ3v) is 2.50. The zero-order valence-electron chi connectivity index (χ0n) is 10.4. The molecule has 0 amide bonds. The molecule has 0 fully saturated rings. The zero-order valence-corrected chi connectivity index (χ0v) is 10.4. The highest BCUT2D eigenvalue weighted by Gasteiger charge is 2.18. The molecule has 0 radical (unpaired) electrons. The van der Waals surface area contributed by atoms with Crippen molar-refractivity contribution in [3.8, 4) is 0 Å². The maximum absolute atomic E-state index is 10.9. The Kier molecular flexibility index (Phi) is 7.39. The fourth-order valence-electron chi connectivity index (χ4n) is 1.68. The van der Waals surface area contributed by atoms with Gasteiger partial charge in [0.25, 0.3) is 0 Å². The van der Waals surface area contributed by atoms with Crippen LogP contribution in [0.1, 0.15) is 47.0 Å². The highest BCUT2D eigenvalue weighted by atomic mass is 16.4. The Bertz CT molecular complexity index is 180. The molecule has 2 N–H and O–H groups in total. The average Bonchev–Trinajstić information content (AvgIpc) is 2.11. The van der Waals surface area contributed by atoms with Gasteiger partial charge in [0.1, 0.15) is 6.04 Å². The molecule has 0 aromatic heterocycles. The lowest BCUT2D eigenvalue weighted by Crippen LogP contribution is -2.40. The molecule has 0 aromatic rings. The number of aliphatic carboxylic acids is 1. The van der Waals surface area contributed by atoms with E-state index in [0.29, 0.717) is 18.3 Å². The van der Waals surface area contributed by atoms with Gasteiger partial charge in [-0.2, -0.15) is 0 Å². The van der Waals surface area contributed by atoms with Crippen LogP contribution < -0.4 is 5.32 Å². The van der Waals surface area contributed by atoms with E-state index in [1.165, 1.54) is 0 Å². The molecule has 2 atom stereocenters. The second-order valence-corrected chi connectivity index (χ2v) is 4.82. The average molecular weight is 215 g/mol. The number of carbonyl (C=O) groups is 1. The lowest BCUT2D eigenvalue weighted by atomic mass is 10.0. The Morgan fingerprint density at radius 2 is 1.93 bits per heavy atom. The van der Waals surface area contributed by atoms with Crippen LogP contribution in [0.5, 0.6) is 0 Å². The Morgan fingerprint density at radius 1 is 1.33 bits per heavy atom.